The zero-order valence-electron chi connectivity index (χ0n) is 18.7. The van der Waals surface area contributed by atoms with Gasteiger partial charge in [-0.1, -0.05) is 6.07 Å². The van der Waals surface area contributed by atoms with Crippen molar-refractivity contribution in [3.8, 4) is 11.7 Å². The van der Waals surface area contributed by atoms with Gasteiger partial charge in [0, 0.05) is 18.4 Å². The summed E-state index contributed by atoms with van der Waals surface area (Å²) in [5.74, 6) is 0.203. The van der Waals surface area contributed by atoms with Gasteiger partial charge in [0.25, 0.3) is 5.56 Å². The molecule has 0 fully saturated rings. The van der Waals surface area contributed by atoms with E-state index in [0.29, 0.717) is 6.61 Å². The fourth-order valence-electron chi connectivity index (χ4n) is 3.10. The Morgan fingerprint density at radius 1 is 1.12 bits per heavy atom. The third-order valence-electron chi connectivity index (χ3n) is 4.48. The van der Waals surface area contributed by atoms with Crippen LogP contribution in [0.2, 0.25) is 0 Å². The molecule has 0 saturated carbocycles. The van der Waals surface area contributed by atoms with Gasteiger partial charge in [0.1, 0.15) is 0 Å². The Morgan fingerprint density at radius 3 is 2.41 bits per heavy atom. The van der Waals surface area contributed by atoms with E-state index in [9.17, 15) is 22.8 Å². The molecule has 0 bridgehead atoms. The second-order valence-electron chi connectivity index (χ2n) is 7.44. The molecule has 0 aliphatic carbocycles. The minimum Gasteiger partial charge on any atom is -0.488 e. The highest BCUT2D eigenvalue weighted by molar-refractivity contribution is 5.99. The molecule has 2 amide bonds. The summed E-state index contributed by atoms with van der Waals surface area (Å²) in [4.78, 5) is 34.4. The Labute approximate surface area is 193 Å². The van der Waals surface area contributed by atoms with E-state index >= 15 is 0 Å². The lowest BCUT2D eigenvalue weighted by atomic mass is 10.1. The largest absolute Gasteiger partial charge is 0.488 e. The number of halogens is 3. The number of amides is 2. The lowest BCUT2D eigenvalue weighted by molar-refractivity contribution is -0.138. The van der Waals surface area contributed by atoms with Gasteiger partial charge in [-0.15, -0.1) is 0 Å². The molecular weight excluding hydrogens is 453 g/mol. The predicted molar refractivity (Wildman–Crippen MR) is 120 cm³/mol. The monoisotopic (exact) mass is 476 g/mol. The number of alkyl halides is 3. The van der Waals surface area contributed by atoms with Crippen LogP contribution in [0.3, 0.4) is 0 Å². The van der Waals surface area contributed by atoms with Gasteiger partial charge in [0.15, 0.2) is 5.75 Å². The van der Waals surface area contributed by atoms with E-state index < -0.39 is 23.3 Å². The van der Waals surface area contributed by atoms with Crippen molar-refractivity contribution in [3.63, 3.8) is 0 Å². The van der Waals surface area contributed by atoms with Crippen molar-refractivity contribution in [2.45, 2.75) is 19.6 Å². The highest BCUT2D eigenvalue weighted by Crippen LogP contribution is 2.34. The van der Waals surface area contributed by atoms with Crippen molar-refractivity contribution in [2.75, 3.05) is 31.3 Å². The Balaban J connectivity index is 1.72. The summed E-state index contributed by atoms with van der Waals surface area (Å²) in [6, 6.07) is 5.96. The molecule has 0 saturated heterocycles. The zero-order valence-corrected chi connectivity index (χ0v) is 18.7. The summed E-state index contributed by atoms with van der Waals surface area (Å²) >= 11 is 0. The highest BCUT2D eigenvalue weighted by atomic mass is 19.4. The number of benzene rings is 1. The molecule has 0 aliphatic rings. The minimum atomic E-state index is -4.57. The van der Waals surface area contributed by atoms with Crippen LogP contribution in [0.15, 0.2) is 53.7 Å². The summed E-state index contributed by atoms with van der Waals surface area (Å²) in [7, 11) is 3.33. The van der Waals surface area contributed by atoms with Crippen LogP contribution in [0.1, 0.15) is 18.1 Å². The first-order valence-electron chi connectivity index (χ1n) is 10.2. The number of urea groups is 1. The van der Waals surface area contributed by atoms with Gasteiger partial charge >= 0.3 is 12.2 Å². The third-order valence-corrected chi connectivity index (χ3v) is 4.48. The molecule has 0 radical (unpaired) electrons. The fraction of sp³-hybridized carbons (Fsp3) is 0.273. The number of rotatable bonds is 7. The molecule has 34 heavy (non-hydrogen) atoms. The van der Waals surface area contributed by atoms with Crippen LogP contribution in [-0.2, 0) is 12.7 Å². The first kappa shape index (κ1) is 24.7. The molecule has 2 N–H and O–H groups in total. The topological polar surface area (TPSA) is 101 Å². The van der Waals surface area contributed by atoms with Gasteiger partial charge < -0.3 is 20.3 Å². The molecule has 2 heterocycles. The van der Waals surface area contributed by atoms with Crippen LogP contribution in [0.5, 0.6) is 5.75 Å². The SMILES string of the molecule is CCOc1cccn(-c2ncc(NC(=O)Nc3ccc(CN(C)C)c(C(F)(F)F)c3)cn2)c1=O. The Kier molecular flexibility index (Phi) is 7.51. The summed E-state index contributed by atoms with van der Waals surface area (Å²) in [5.41, 5.74) is -1.02. The molecule has 1 aromatic carbocycles. The normalized spacial score (nSPS) is 11.4. The molecule has 0 unspecified atom stereocenters. The van der Waals surface area contributed by atoms with E-state index in [1.165, 1.54) is 41.4 Å². The van der Waals surface area contributed by atoms with Crippen molar-refractivity contribution in [2.24, 2.45) is 0 Å². The van der Waals surface area contributed by atoms with E-state index in [4.69, 9.17) is 4.74 Å². The van der Waals surface area contributed by atoms with Crippen LogP contribution in [0.4, 0.5) is 29.3 Å². The number of carbonyl (C=O) groups is 1. The molecule has 3 rings (SSSR count). The number of nitrogens with zero attached hydrogens (tertiary/aromatic N) is 4. The second-order valence-corrected chi connectivity index (χ2v) is 7.44. The van der Waals surface area contributed by atoms with E-state index in [1.807, 2.05) is 0 Å². The molecule has 0 spiro atoms. The predicted octanol–water partition coefficient (Wildman–Crippen LogP) is 3.75. The van der Waals surface area contributed by atoms with Gasteiger partial charge in [-0.25, -0.2) is 19.3 Å². The number of pyridine rings is 1. The van der Waals surface area contributed by atoms with Crippen molar-refractivity contribution in [3.05, 3.63) is 70.4 Å². The number of anilines is 2. The molecule has 0 atom stereocenters. The fourth-order valence-corrected chi connectivity index (χ4v) is 3.10. The van der Waals surface area contributed by atoms with Gasteiger partial charge in [-0.2, -0.15) is 13.2 Å². The minimum absolute atomic E-state index is 0.0239. The first-order valence-corrected chi connectivity index (χ1v) is 10.2. The first-order chi connectivity index (χ1) is 16.1. The molecule has 9 nitrogen and oxygen atoms in total. The second kappa shape index (κ2) is 10.3. The van der Waals surface area contributed by atoms with Crippen LogP contribution in [0, 0.1) is 0 Å². The lowest BCUT2D eigenvalue weighted by Crippen LogP contribution is -2.23. The van der Waals surface area contributed by atoms with E-state index in [1.54, 1.807) is 32.0 Å². The number of hydrogen-bond donors (Lipinski definition) is 2. The van der Waals surface area contributed by atoms with Gasteiger partial charge in [0.2, 0.25) is 5.95 Å². The lowest BCUT2D eigenvalue weighted by Gasteiger charge is -2.18. The summed E-state index contributed by atoms with van der Waals surface area (Å²) in [6.45, 7) is 2.17. The van der Waals surface area contributed by atoms with Crippen LogP contribution < -0.4 is 20.9 Å². The molecule has 12 heteroatoms. The zero-order chi connectivity index (χ0) is 24.9. The van der Waals surface area contributed by atoms with E-state index in [0.717, 1.165) is 6.07 Å². The maximum absolute atomic E-state index is 13.4. The number of ether oxygens (including phenoxy) is 1. The Hall–Kier alpha value is -3.93. The smallest absolute Gasteiger partial charge is 0.416 e. The van der Waals surface area contributed by atoms with Crippen molar-refractivity contribution in [1.82, 2.24) is 19.4 Å². The number of carbonyl (C=O) groups excluding carboxylic acids is 1. The molecule has 180 valence electrons. The van der Waals surface area contributed by atoms with Crippen molar-refractivity contribution in [1.29, 1.82) is 0 Å². The maximum atomic E-state index is 13.4. The number of hydrogen-bond acceptors (Lipinski definition) is 6. The summed E-state index contributed by atoms with van der Waals surface area (Å²) in [5, 5.41) is 4.81. The molecule has 0 aliphatic heterocycles. The van der Waals surface area contributed by atoms with E-state index in [-0.39, 0.29) is 35.2 Å². The average molecular weight is 476 g/mol. The molecule has 3 aromatic rings. The Bertz CT molecular complexity index is 1210. The summed E-state index contributed by atoms with van der Waals surface area (Å²) in [6.07, 6.45) is -0.564. The standard InChI is InChI=1S/C22H23F3N6O3/c1-4-34-18-6-5-9-31(19(18)32)20-26-11-16(12-27-20)29-21(33)28-15-8-7-14(13-30(2)3)17(10-15)22(23,24)25/h5-12H,4,13H2,1-3H3,(H2,28,29,33). The average Bonchev–Trinajstić information content (AvgIpc) is 2.76. The van der Waals surface area contributed by atoms with E-state index in [2.05, 4.69) is 20.6 Å². The van der Waals surface area contributed by atoms with Crippen LogP contribution in [0.25, 0.3) is 5.95 Å². The van der Waals surface area contributed by atoms with Crippen LogP contribution >= 0.6 is 0 Å². The van der Waals surface area contributed by atoms with Crippen molar-refractivity contribution < 1.29 is 22.7 Å². The third kappa shape index (κ3) is 6.10. The van der Waals surface area contributed by atoms with Gasteiger partial charge in [-0.05, 0) is 50.8 Å². The van der Waals surface area contributed by atoms with Gasteiger partial charge in [0.05, 0.1) is 30.3 Å². The quantitative estimate of drug-likeness (QED) is 0.539. The molecular formula is C22H23F3N6O3. The maximum Gasteiger partial charge on any atom is 0.416 e. The van der Waals surface area contributed by atoms with Gasteiger partial charge in [-0.3, -0.25) is 4.79 Å². The number of nitrogens with one attached hydrogen (secondary N) is 2. The number of aromatic nitrogens is 3. The van der Waals surface area contributed by atoms with Crippen molar-refractivity contribution >= 4 is 17.4 Å². The highest BCUT2D eigenvalue weighted by Gasteiger charge is 2.33. The van der Waals surface area contributed by atoms with Crippen LogP contribution in [-0.4, -0.2) is 46.2 Å². The molecule has 2 aromatic heterocycles. The Morgan fingerprint density at radius 2 is 1.79 bits per heavy atom. The summed E-state index contributed by atoms with van der Waals surface area (Å²) < 4.78 is 46.8.